The first-order valence-electron chi connectivity index (χ1n) is 11.1. The molecule has 0 unspecified atom stereocenters. The third-order valence-electron chi connectivity index (χ3n) is 5.37. The summed E-state index contributed by atoms with van der Waals surface area (Å²) in [6.45, 7) is 1.93. The predicted octanol–water partition coefficient (Wildman–Crippen LogP) is 4.50. The standard InChI is InChI=1S/C26H28FN3O4S/c1-19(20-9-4-3-5-10-20)28-26(32)23-11-6-7-12-24(23)29-25(31)13-8-18-30(35(2,33)34)22-16-14-21(27)15-17-22/h3-7,9-12,14-17,19H,8,13,18H2,1-2H3,(H,28,32)(H,29,31)/t19-/m1/s1. The van der Waals surface area contributed by atoms with E-state index in [0.29, 0.717) is 16.9 Å². The Labute approximate surface area is 205 Å². The lowest BCUT2D eigenvalue weighted by atomic mass is 10.1. The Morgan fingerprint density at radius 1 is 0.943 bits per heavy atom. The van der Waals surface area contributed by atoms with E-state index < -0.39 is 15.8 Å². The summed E-state index contributed by atoms with van der Waals surface area (Å²) < 4.78 is 38.7. The van der Waals surface area contributed by atoms with Crippen LogP contribution in [0.4, 0.5) is 15.8 Å². The summed E-state index contributed by atoms with van der Waals surface area (Å²) in [5.74, 6) is -1.15. The average molecular weight is 498 g/mol. The lowest BCUT2D eigenvalue weighted by Crippen LogP contribution is -2.31. The topological polar surface area (TPSA) is 95.6 Å². The number of carbonyl (C=O) groups excluding carboxylic acids is 2. The Balaban J connectivity index is 1.61. The Kier molecular flexibility index (Phi) is 8.59. The molecule has 2 N–H and O–H groups in total. The number of nitrogens with zero attached hydrogens (tertiary/aromatic N) is 1. The van der Waals surface area contributed by atoms with Crippen LogP contribution in [0.5, 0.6) is 0 Å². The summed E-state index contributed by atoms with van der Waals surface area (Å²) in [7, 11) is -3.61. The van der Waals surface area contributed by atoms with Gasteiger partial charge in [0.25, 0.3) is 5.91 Å². The molecule has 3 aromatic carbocycles. The van der Waals surface area contributed by atoms with Crippen LogP contribution >= 0.6 is 0 Å². The van der Waals surface area contributed by atoms with Gasteiger partial charge in [-0.25, -0.2) is 12.8 Å². The second kappa shape index (κ2) is 11.6. The van der Waals surface area contributed by atoms with Gasteiger partial charge in [-0.05, 0) is 55.3 Å². The molecule has 0 bridgehead atoms. The van der Waals surface area contributed by atoms with Gasteiger partial charge in [-0.1, -0.05) is 42.5 Å². The maximum atomic E-state index is 13.2. The fraction of sp³-hybridized carbons (Fsp3) is 0.231. The Bertz CT molecular complexity index is 1270. The number of para-hydroxylation sites is 1. The van der Waals surface area contributed by atoms with Crippen molar-refractivity contribution in [3.05, 3.63) is 95.8 Å². The molecule has 35 heavy (non-hydrogen) atoms. The number of halogens is 1. The molecule has 3 rings (SSSR count). The van der Waals surface area contributed by atoms with Gasteiger partial charge >= 0.3 is 0 Å². The van der Waals surface area contributed by atoms with E-state index in [4.69, 9.17) is 0 Å². The molecule has 0 spiro atoms. The molecule has 0 aromatic heterocycles. The SMILES string of the molecule is C[C@@H](NC(=O)c1ccccc1NC(=O)CCCN(c1ccc(F)cc1)S(C)(=O)=O)c1ccccc1. The molecule has 9 heteroatoms. The second-order valence-electron chi connectivity index (χ2n) is 8.11. The van der Waals surface area contributed by atoms with Gasteiger partial charge in [-0.2, -0.15) is 0 Å². The van der Waals surface area contributed by atoms with Crippen molar-refractivity contribution < 1.29 is 22.4 Å². The molecule has 0 saturated heterocycles. The number of carbonyl (C=O) groups is 2. The first-order chi connectivity index (χ1) is 16.6. The van der Waals surface area contributed by atoms with Crippen LogP contribution in [0.3, 0.4) is 0 Å². The zero-order valence-electron chi connectivity index (χ0n) is 19.6. The van der Waals surface area contributed by atoms with Gasteiger partial charge in [0.1, 0.15) is 5.82 Å². The van der Waals surface area contributed by atoms with Crippen molar-refractivity contribution in [2.75, 3.05) is 22.4 Å². The highest BCUT2D eigenvalue weighted by Crippen LogP contribution is 2.20. The molecule has 0 heterocycles. The zero-order chi connectivity index (χ0) is 25.4. The molecule has 0 fully saturated rings. The zero-order valence-corrected chi connectivity index (χ0v) is 20.4. The number of benzene rings is 3. The van der Waals surface area contributed by atoms with E-state index in [9.17, 15) is 22.4 Å². The molecule has 3 aromatic rings. The van der Waals surface area contributed by atoms with E-state index in [0.717, 1.165) is 16.1 Å². The van der Waals surface area contributed by atoms with Gasteiger partial charge in [-0.15, -0.1) is 0 Å². The molecule has 7 nitrogen and oxygen atoms in total. The van der Waals surface area contributed by atoms with Crippen molar-refractivity contribution >= 4 is 33.2 Å². The number of hydrogen-bond acceptors (Lipinski definition) is 4. The Hall–Kier alpha value is -3.72. The van der Waals surface area contributed by atoms with E-state index in [1.54, 1.807) is 24.3 Å². The van der Waals surface area contributed by atoms with Crippen LogP contribution < -0.4 is 14.9 Å². The minimum atomic E-state index is -3.61. The van der Waals surface area contributed by atoms with Crippen LogP contribution in [0, 0.1) is 5.82 Å². The fourth-order valence-electron chi connectivity index (χ4n) is 3.58. The van der Waals surface area contributed by atoms with Gasteiger partial charge in [0, 0.05) is 13.0 Å². The minimum absolute atomic E-state index is 0.0313. The van der Waals surface area contributed by atoms with Crippen molar-refractivity contribution in [1.82, 2.24) is 5.32 Å². The molecule has 2 amide bonds. The van der Waals surface area contributed by atoms with Crippen LogP contribution in [-0.2, 0) is 14.8 Å². The maximum Gasteiger partial charge on any atom is 0.253 e. The van der Waals surface area contributed by atoms with Crippen LogP contribution in [0.25, 0.3) is 0 Å². The molecular formula is C26H28FN3O4S. The van der Waals surface area contributed by atoms with Gasteiger partial charge < -0.3 is 10.6 Å². The normalized spacial score (nSPS) is 12.0. The van der Waals surface area contributed by atoms with E-state index in [1.807, 2.05) is 37.3 Å². The van der Waals surface area contributed by atoms with Gasteiger partial charge in [0.2, 0.25) is 15.9 Å². The van der Waals surface area contributed by atoms with E-state index >= 15 is 0 Å². The minimum Gasteiger partial charge on any atom is -0.345 e. The largest absolute Gasteiger partial charge is 0.345 e. The summed E-state index contributed by atoms with van der Waals surface area (Å²) in [6.07, 6.45) is 1.32. The summed E-state index contributed by atoms with van der Waals surface area (Å²) in [5, 5.41) is 5.68. The summed E-state index contributed by atoms with van der Waals surface area (Å²) >= 11 is 0. The van der Waals surface area contributed by atoms with E-state index in [2.05, 4.69) is 10.6 Å². The molecule has 184 valence electrons. The van der Waals surface area contributed by atoms with Crippen molar-refractivity contribution in [3.63, 3.8) is 0 Å². The van der Waals surface area contributed by atoms with Gasteiger partial charge in [0.05, 0.1) is 29.2 Å². The highest BCUT2D eigenvalue weighted by Gasteiger charge is 2.19. The maximum absolute atomic E-state index is 13.2. The first kappa shape index (κ1) is 25.9. The summed E-state index contributed by atoms with van der Waals surface area (Å²) in [6, 6.07) is 21.1. The Morgan fingerprint density at radius 2 is 1.57 bits per heavy atom. The number of rotatable bonds is 10. The number of anilines is 2. The van der Waals surface area contributed by atoms with Crippen molar-refractivity contribution in [2.45, 2.75) is 25.8 Å². The molecule has 0 aliphatic heterocycles. The van der Waals surface area contributed by atoms with Crippen molar-refractivity contribution in [3.8, 4) is 0 Å². The first-order valence-corrected chi connectivity index (χ1v) is 13.0. The highest BCUT2D eigenvalue weighted by molar-refractivity contribution is 7.92. The monoisotopic (exact) mass is 497 g/mol. The molecular weight excluding hydrogens is 469 g/mol. The number of hydrogen-bond donors (Lipinski definition) is 2. The van der Waals surface area contributed by atoms with Crippen LogP contribution in [-0.4, -0.2) is 33.0 Å². The molecule has 1 atom stereocenters. The summed E-state index contributed by atoms with van der Waals surface area (Å²) in [5.41, 5.74) is 1.98. The lowest BCUT2D eigenvalue weighted by Gasteiger charge is -2.22. The smallest absolute Gasteiger partial charge is 0.253 e. The predicted molar refractivity (Wildman–Crippen MR) is 135 cm³/mol. The quantitative estimate of drug-likeness (QED) is 0.431. The lowest BCUT2D eigenvalue weighted by molar-refractivity contribution is -0.116. The molecule has 0 aliphatic carbocycles. The van der Waals surface area contributed by atoms with Crippen molar-refractivity contribution in [2.24, 2.45) is 0 Å². The van der Waals surface area contributed by atoms with E-state index in [-0.39, 0.29) is 37.2 Å². The third kappa shape index (κ3) is 7.38. The van der Waals surface area contributed by atoms with Crippen molar-refractivity contribution in [1.29, 1.82) is 0 Å². The number of amides is 2. The molecule has 0 saturated carbocycles. The number of nitrogens with one attached hydrogen (secondary N) is 2. The second-order valence-corrected chi connectivity index (χ2v) is 10.0. The number of sulfonamides is 1. The van der Waals surface area contributed by atoms with E-state index in [1.165, 1.54) is 24.3 Å². The third-order valence-corrected chi connectivity index (χ3v) is 6.57. The Morgan fingerprint density at radius 3 is 2.23 bits per heavy atom. The summed E-state index contributed by atoms with van der Waals surface area (Å²) in [4.78, 5) is 25.4. The van der Waals surface area contributed by atoms with Crippen LogP contribution in [0.15, 0.2) is 78.9 Å². The molecule has 0 radical (unpaired) electrons. The highest BCUT2D eigenvalue weighted by atomic mass is 32.2. The molecule has 0 aliphatic rings. The average Bonchev–Trinajstić information content (AvgIpc) is 2.82. The van der Waals surface area contributed by atoms with Crippen LogP contribution in [0.1, 0.15) is 41.7 Å². The van der Waals surface area contributed by atoms with Gasteiger partial charge in [0.15, 0.2) is 0 Å². The van der Waals surface area contributed by atoms with Crippen LogP contribution in [0.2, 0.25) is 0 Å². The van der Waals surface area contributed by atoms with Gasteiger partial charge in [-0.3, -0.25) is 13.9 Å². The fourth-order valence-corrected chi connectivity index (χ4v) is 4.54.